The van der Waals surface area contributed by atoms with Gasteiger partial charge in [-0.2, -0.15) is 0 Å². The molecule has 4 heteroatoms. The van der Waals surface area contributed by atoms with Gasteiger partial charge >= 0.3 is 5.97 Å². The molecule has 0 aliphatic heterocycles. The molecule has 0 radical (unpaired) electrons. The van der Waals surface area contributed by atoms with Gasteiger partial charge in [-0.1, -0.05) is 66.7 Å². The molecule has 0 aliphatic rings. The molecule has 3 aromatic rings. The lowest BCUT2D eigenvalue weighted by Crippen LogP contribution is -2.11. The Morgan fingerprint density at radius 1 is 0.963 bits per heavy atom. The maximum absolute atomic E-state index is 15.2. The molecule has 0 atom stereocenters. The largest absolute Gasteiger partial charge is 0.469 e. The van der Waals surface area contributed by atoms with Crippen LogP contribution in [0.2, 0.25) is 0 Å². The zero-order valence-corrected chi connectivity index (χ0v) is 15.2. The number of nitrogens with one attached hydrogen (secondary N) is 1. The Kier molecular flexibility index (Phi) is 6.21. The molecule has 0 heterocycles. The standard InChI is InChI=1S/C23H22FNO2/c1-27-22(26)16-20-19(18-10-6-3-7-11-18)12-13-21(23(20)24)25-15-14-17-8-4-2-5-9-17/h2-13,25H,14-16H2,1H3. The number of carbonyl (C=O) groups excluding carboxylic acids is 1. The average Bonchev–Trinajstić information content (AvgIpc) is 2.72. The first-order chi connectivity index (χ1) is 13.2. The number of anilines is 1. The van der Waals surface area contributed by atoms with E-state index in [2.05, 4.69) is 5.32 Å². The van der Waals surface area contributed by atoms with Gasteiger partial charge in [0, 0.05) is 12.1 Å². The molecule has 0 fully saturated rings. The molecule has 27 heavy (non-hydrogen) atoms. The zero-order chi connectivity index (χ0) is 19.1. The van der Waals surface area contributed by atoms with Crippen LogP contribution in [0.1, 0.15) is 11.1 Å². The number of carbonyl (C=O) groups is 1. The molecule has 1 N–H and O–H groups in total. The number of methoxy groups -OCH3 is 1. The van der Waals surface area contributed by atoms with Crippen molar-refractivity contribution < 1.29 is 13.9 Å². The van der Waals surface area contributed by atoms with E-state index in [0.717, 1.165) is 12.0 Å². The Morgan fingerprint density at radius 2 is 1.63 bits per heavy atom. The van der Waals surface area contributed by atoms with Crippen LogP contribution >= 0.6 is 0 Å². The van der Waals surface area contributed by atoms with Crippen LogP contribution in [-0.4, -0.2) is 19.6 Å². The molecule has 3 rings (SSSR count). The highest BCUT2D eigenvalue weighted by Gasteiger charge is 2.18. The Morgan fingerprint density at radius 3 is 2.30 bits per heavy atom. The number of benzene rings is 3. The summed E-state index contributed by atoms with van der Waals surface area (Å²) in [5.74, 6) is -0.873. The first-order valence-corrected chi connectivity index (χ1v) is 8.90. The van der Waals surface area contributed by atoms with Crippen LogP contribution in [0.3, 0.4) is 0 Å². The second-order valence-electron chi connectivity index (χ2n) is 6.23. The van der Waals surface area contributed by atoms with Crippen LogP contribution in [0, 0.1) is 5.82 Å². The molecule has 0 saturated carbocycles. The average molecular weight is 363 g/mol. The number of hydrogen-bond acceptors (Lipinski definition) is 3. The van der Waals surface area contributed by atoms with E-state index in [4.69, 9.17) is 4.74 Å². The summed E-state index contributed by atoms with van der Waals surface area (Å²) in [4.78, 5) is 11.8. The van der Waals surface area contributed by atoms with Gasteiger partial charge in [-0.05, 0) is 29.2 Å². The van der Waals surface area contributed by atoms with Crippen molar-refractivity contribution >= 4 is 11.7 Å². The van der Waals surface area contributed by atoms with Crippen LogP contribution in [-0.2, 0) is 22.4 Å². The molecule has 0 unspecified atom stereocenters. The van der Waals surface area contributed by atoms with E-state index in [0.29, 0.717) is 23.4 Å². The third-order valence-corrected chi connectivity index (χ3v) is 4.45. The lowest BCUT2D eigenvalue weighted by atomic mass is 9.96. The SMILES string of the molecule is COC(=O)Cc1c(-c2ccccc2)ccc(NCCc2ccccc2)c1F. The van der Waals surface area contributed by atoms with Gasteiger partial charge in [0.25, 0.3) is 0 Å². The van der Waals surface area contributed by atoms with Gasteiger partial charge in [0.1, 0.15) is 0 Å². The van der Waals surface area contributed by atoms with E-state index in [1.54, 1.807) is 6.07 Å². The first-order valence-electron chi connectivity index (χ1n) is 8.90. The molecule has 3 nitrogen and oxygen atoms in total. The molecule has 0 aromatic heterocycles. The van der Waals surface area contributed by atoms with Gasteiger partial charge in [0.05, 0.1) is 19.2 Å². The van der Waals surface area contributed by atoms with Crippen molar-refractivity contribution in [1.29, 1.82) is 0 Å². The fourth-order valence-electron chi connectivity index (χ4n) is 3.02. The summed E-state index contributed by atoms with van der Waals surface area (Å²) in [6, 6.07) is 23.1. The molecule has 0 aliphatic carbocycles. The summed E-state index contributed by atoms with van der Waals surface area (Å²) >= 11 is 0. The van der Waals surface area contributed by atoms with Gasteiger partial charge in [-0.3, -0.25) is 4.79 Å². The summed E-state index contributed by atoms with van der Waals surface area (Å²) in [5, 5.41) is 3.14. The first kappa shape index (κ1) is 18.6. The summed E-state index contributed by atoms with van der Waals surface area (Å²) in [5.41, 5.74) is 3.49. The van der Waals surface area contributed by atoms with Crippen molar-refractivity contribution in [3.8, 4) is 11.1 Å². The minimum absolute atomic E-state index is 0.110. The highest BCUT2D eigenvalue weighted by Crippen LogP contribution is 2.30. The van der Waals surface area contributed by atoms with Crippen LogP contribution in [0.4, 0.5) is 10.1 Å². The number of halogens is 1. The molecule has 0 amide bonds. The molecule has 0 bridgehead atoms. The Balaban J connectivity index is 1.85. The van der Waals surface area contributed by atoms with Gasteiger partial charge in [-0.25, -0.2) is 4.39 Å². The summed E-state index contributed by atoms with van der Waals surface area (Å²) in [6.45, 7) is 0.600. The minimum atomic E-state index is -0.465. The highest BCUT2D eigenvalue weighted by atomic mass is 19.1. The number of rotatable bonds is 7. The third kappa shape index (κ3) is 4.73. The molecule has 0 spiro atoms. The summed E-state index contributed by atoms with van der Waals surface area (Å²) in [7, 11) is 1.31. The molecular formula is C23H22FNO2. The maximum Gasteiger partial charge on any atom is 0.310 e. The van der Waals surface area contributed by atoms with Crippen molar-refractivity contribution in [3.63, 3.8) is 0 Å². The Bertz CT molecular complexity index is 895. The second-order valence-corrected chi connectivity index (χ2v) is 6.23. The van der Waals surface area contributed by atoms with E-state index < -0.39 is 11.8 Å². The lowest BCUT2D eigenvalue weighted by molar-refractivity contribution is -0.139. The number of ether oxygens (including phenoxy) is 1. The quantitative estimate of drug-likeness (QED) is 0.609. The molecule has 0 saturated heterocycles. The van der Waals surface area contributed by atoms with Crippen molar-refractivity contribution in [2.75, 3.05) is 19.0 Å². The smallest absolute Gasteiger partial charge is 0.310 e. The number of esters is 1. The summed E-state index contributed by atoms with van der Waals surface area (Å²) in [6.07, 6.45) is 0.674. The zero-order valence-electron chi connectivity index (χ0n) is 15.2. The molecular weight excluding hydrogens is 341 g/mol. The second kappa shape index (κ2) is 8.99. The monoisotopic (exact) mass is 363 g/mol. The van der Waals surface area contributed by atoms with Gasteiger partial charge < -0.3 is 10.1 Å². The van der Waals surface area contributed by atoms with Crippen LogP contribution in [0.15, 0.2) is 72.8 Å². The van der Waals surface area contributed by atoms with Crippen molar-refractivity contribution in [3.05, 3.63) is 89.7 Å². The normalized spacial score (nSPS) is 10.4. The van der Waals surface area contributed by atoms with E-state index in [-0.39, 0.29) is 6.42 Å². The van der Waals surface area contributed by atoms with Crippen molar-refractivity contribution in [2.24, 2.45) is 0 Å². The van der Waals surface area contributed by atoms with Gasteiger partial charge in [-0.15, -0.1) is 0 Å². The third-order valence-electron chi connectivity index (χ3n) is 4.45. The predicted molar refractivity (Wildman–Crippen MR) is 106 cm³/mol. The molecule has 3 aromatic carbocycles. The van der Waals surface area contributed by atoms with Crippen molar-refractivity contribution in [2.45, 2.75) is 12.8 Å². The Hall–Kier alpha value is -3.14. The molecule has 138 valence electrons. The van der Waals surface area contributed by atoms with E-state index in [1.807, 2.05) is 66.7 Å². The lowest BCUT2D eigenvalue weighted by Gasteiger charge is -2.15. The minimum Gasteiger partial charge on any atom is -0.469 e. The van der Waals surface area contributed by atoms with Gasteiger partial charge in [0.2, 0.25) is 0 Å². The van der Waals surface area contributed by atoms with Crippen LogP contribution in [0.25, 0.3) is 11.1 Å². The Labute approximate surface area is 158 Å². The van der Waals surface area contributed by atoms with E-state index >= 15 is 4.39 Å². The highest BCUT2D eigenvalue weighted by molar-refractivity contribution is 5.79. The maximum atomic E-state index is 15.2. The van der Waals surface area contributed by atoms with E-state index in [1.165, 1.54) is 12.7 Å². The van der Waals surface area contributed by atoms with Gasteiger partial charge in [0.15, 0.2) is 5.82 Å². The fourth-order valence-corrected chi connectivity index (χ4v) is 3.02. The van der Waals surface area contributed by atoms with Crippen LogP contribution in [0.5, 0.6) is 0 Å². The fraction of sp³-hybridized carbons (Fsp3) is 0.174. The van der Waals surface area contributed by atoms with E-state index in [9.17, 15) is 4.79 Å². The van der Waals surface area contributed by atoms with Crippen LogP contribution < -0.4 is 5.32 Å². The topological polar surface area (TPSA) is 38.3 Å². The number of hydrogen-bond donors (Lipinski definition) is 1. The predicted octanol–water partition coefficient (Wildman–Crippen LogP) is 4.86. The van der Waals surface area contributed by atoms with Crippen molar-refractivity contribution in [1.82, 2.24) is 0 Å². The summed E-state index contributed by atoms with van der Waals surface area (Å²) < 4.78 is 19.9.